The first-order valence-corrected chi connectivity index (χ1v) is 7.11. The summed E-state index contributed by atoms with van der Waals surface area (Å²) in [5, 5.41) is 0.712. The van der Waals surface area contributed by atoms with Crippen LogP contribution in [0.4, 0.5) is 8.78 Å². The fourth-order valence-electron chi connectivity index (χ4n) is 2.92. The average molecular weight is 290 g/mol. The highest BCUT2D eigenvalue weighted by atomic mass is 19.3. The molecule has 5 heteroatoms. The maximum Gasteiger partial charge on any atom is 0.258 e. The summed E-state index contributed by atoms with van der Waals surface area (Å²) in [6.45, 7) is 0.393. The van der Waals surface area contributed by atoms with Crippen molar-refractivity contribution in [1.29, 1.82) is 0 Å². The van der Waals surface area contributed by atoms with E-state index in [0.29, 0.717) is 29.4 Å². The van der Waals surface area contributed by atoms with Gasteiger partial charge in [-0.05, 0) is 37.5 Å². The molecule has 0 radical (unpaired) electrons. The average Bonchev–Trinajstić information content (AvgIpc) is 2.53. The molecule has 2 heterocycles. The van der Waals surface area contributed by atoms with Crippen LogP contribution in [0.3, 0.4) is 0 Å². The molecular formula is C16H16F2N2O. The van der Waals surface area contributed by atoms with Crippen molar-refractivity contribution in [2.75, 3.05) is 6.54 Å². The molecule has 2 aromatic rings. The van der Waals surface area contributed by atoms with Gasteiger partial charge in [0.1, 0.15) is 0 Å². The Labute approximate surface area is 121 Å². The zero-order valence-electron chi connectivity index (χ0n) is 11.5. The number of benzene rings is 1. The normalized spacial score (nSPS) is 19.2. The van der Waals surface area contributed by atoms with E-state index in [2.05, 4.69) is 4.98 Å². The van der Waals surface area contributed by atoms with Gasteiger partial charge in [0, 0.05) is 23.7 Å². The van der Waals surface area contributed by atoms with Crippen molar-refractivity contribution in [3.63, 3.8) is 0 Å². The zero-order valence-corrected chi connectivity index (χ0v) is 11.5. The molecule has 3 nitrogen and oxygen atoms in total. The van der Waals surface area contributed by atoms with Crippen molar-refractivity contribution in [3.8, 4) is 0 Å². The number of hydrogen-bond acceptors (Lipinski definition) is 2. The summed E-state index contributed by atoms with van der Waals surface area (Å²) in [6, 6.07) is 7.81. The number of halogens is 2. The molecule has 1 atom stereocenters. The van der Waals surface area contributed by atoms with Crippen molar-refractivity contribution in [1.82, 2.24) is 9.88 Å². The quantitative estimate of drug-likeness (QED) is 0.848. The van der Waals surface area contributed by atoms with Crippen molar-refractivity contribution in [3.05, 3.63) is 42.1 Å². The third-order valence-corrected chi connectivity index (χ3v) is 3.98. The maximum atomic E-state index is 13.2. The number of alkyl halides is 2. The number of fused-ring (bicyclic) bond motifs is 1. The number of nitrogens with zero attached hydrogens (tertiary/aromatic N) is 2. The first kappa shape index (κ1) is 13.9. The van der Waals surface area contributed by atoms with Crippen molar-refractivity contribution >= 4 is 16.8 Å². The van der Waals surface area contributed by atoms with Gasteiger partial charge in [0.2, 0.25) is 0 Å². The minimum Gasteiger partial charge on any atom is -0.330 e. The van der Waals surface area contributed by atoms with Crippen LogP contribution in [-0.4, -0.2) is 34.8 Å². The third-order valence-electron chi connectivity index (χ3n) is 3.98. The number of pyridine rings is 1. The number of piperidine rings is 1. The molecular weight excluding hydrogens is 274 g/mol. The van der Waals surface area contributed by atoms with E-state index < -0.39 is 12.5 Å². The Balaban J connectivity index is 1.99. The topological polar surface area (TPSA) is 33.2 Å². The minimum atomic E-state index is -2.50. The second kappa shape index (κ2) is 5.76. The first-order chi connectivity index (χ1) is 10.2. The fourth-order valence-corrected chi connectivity index (χ4v) is 2.92. The molecule has 0 saturated carbocycles. The smallest absolute Gasteiger partial charge is 0.258 e. The van der Waals surface area contributed by atoms with Gasteiger partial charge < -0.3 is 4.90 Å². The van der Waals surface area contributed by atoms with Crippen LogP contribution in [0.2, 0.25) is 0 Å². The monoisotopic (exact) mass is 290 g/mol. The molecule has 0 bridgehead atoms. The number of aromatic nitrogens is 1. The van der Waals surface area contributed by atoms with Crippen LogP contribution in [0.15, 0.2) is 36.5 Å². The molecule has 1 aliphatic heterocycles. The molecule has 1 aromatic heterocycles. The minimum absolute atomic E-state index is 0.321. The van der Waals surface area contributed by atoms with Crippen molar-refractivity contribution < 1.29 is 13.6 Å². The lowest BCUT2D eigenvalue weighted by atomic mass is 10.00. The fraction of sp³-hybridized carbons (Fsp3) is 0.375. The molecule has 0 aliphatic carbocycles. The van der Waals surface area contributed by atoms with Crippen LogP contribution in [0.25, 0.3) is 10.9 Å². The Morgan fingerprint density at radius 2 is 2.10 bits per heavy atom. The predicted octanol–water partition coefficient (Wildman–Crippen LogP) is 3.49. The number of rotatable bonds is 2. The summed E-state index contributed by atoms with van der Waals surface area (Å²) < 4.78 is 26.3. The summed E-state index contributed by atoms with van der Waals surface area (Å²) in [7, 11) is 0. The number of amides is 1. The van der Waals surface area contributed by atoms with E-state index in [0.717, 1.165) is 12.8 Å². The highest BCUT2D eigenvalue weighted by Gasteiger charge is 2.34. The Morgan fingerprint density at radius 3 is 2.90 bits per heavy atom. The van der Waals surface area contributed by atoms with Gasteiger partial charge in [-0.1, -0.05) is 12.1 Å². The Morgan fingerprint density at radius 1 is 1.24 bits per heavy atom. The molecule has 1 saturated heterocycles. The van der Waals surface area contributed by atoms with Crippen molar-refractivity contribution in [2.45, 2.75) is 31.7 Å². The van der Waals surface area contributed by atoms with Gasteiger partial charge >= 0.3 is 0 Å². The van der Waals surface area contributed by atoms with Gasteiger partial charge in [0.05, 0.1) is 11.6 Å². The molecule has 1 aliphatic rings. The number of hydrogen-bond donors (Lipinski definition) is 0. The zero-order chi connectivity index (χ0) is 14.8. The van der Waals surface area contributed by atoms with E-state index in [-0.39, 0.29) is 5.91 Å². The lowest BCUT2D eigenvalue weighted by Crippen LogP contribution is -2.47. The molecule has 0 spiro atoms. The van der Waals surface area contributed by atoms with E-state index in [1.165, 1.54) is 4.90 Å². The number of carbonyl (C=O) groups is 1. The van der Waals surface area contributed by atoms with Gasteiger partial charge in [0.15, 0.2) is 0 Å². The van der Waals surface area contributed by atoms with Crippen LogP contribution in [0.5, 0.6) is 0 Å². The molecule has 3 rings (SSSR count). The van der Waals surface area contributed by atoms with E-state index in [4.69, 9.17) is 0 Å². The van der Waals surface area contributed by atoms with Crippen LogP contribution in [0, 0.1) is 0 Å². The highest BCUT2D eigenvalue weighted by molar-refractivity contribution is 6.06. The first-order valence-electron chi connectivity index (χ1n) is 7.11. The van der Waals surface area contributed by atoms with E-state index in [1.54, 1.807) is 30.5 Å². The molecule has 110 valence electrons. The van der Waals surface area contributed by atoms with Gasteiger partial charge in [0.25, 0.3) is 12.3 Å². The predicted molar refractivity (Wildman–Crippen MR) is 76.4 cm³/mol. The molecule has 0 N–H and O–H groups in total. The standard InChI is InChI=1S/C16H16F2N2O/c17-15(18)14-8-1-2-10-20(14)16(21)12-5-3-7-13-11(12)6-4-9-19-13/h3-7,9,14-15H,1-2,8,10H2. The van der Waals surface area contributed by atoms with Crippen LogP contribution in [-0.2, 0) is 0 Å². The summed E-state index contributed by atoms with van der Waals surface area (Å²) in [4.78, 5) is 18.2. The second-order valence-electron chi connectivity index (χ2n) is 5.27. The largest absolute Gasteiger partial charge is 0.330 e. The Bertz CT molecular complexity index is 654. The summed E-state index contributed by atoms with van der Waals surface area (Å²) in [5.74, 6) is -0.321. The highest BCUT2D eigenvalue weighted by Crippen LogP contribution is 2.26. The Hall–Kier alpha value is -2.04. The Kier molecular flexibility index (Phi) is 3.82. The van der Waals surface area contributed by atoms with Crippen LogP contribution < -0.4 is 0 Å². The van der Waals surface area contributed by atoms with Gasteiger partial charge in [-0.25, -0.2) is 8.78 Å². The van der Waals surface area contributed by atoms with Crippen LogP contribution >= 0.6 is 0 Å². The second-order valence-corrected chi connectivity index (χ2v) is 5.27. The van der Waals surface area contributed by atoms with Gasteiger partial charge in [-0.3, -0.25) is 9.78 Å². The van der Waals surface area contributed by atoms with E-state index >= 15 is 0 Å². The van der Waals surface area contributed by atoms with Gasteiger partial charge in [-0.2, -0.15) is 0 Å². The molecule has 1 unspecified atom stereocenters. The van der Waals surface area contributed by atoms with Crippen LogP contribution in [0.1, 0.15) is 29.6 Å². The lowest BCUT2D eigenvalue weighted by molar-refractivity contribution is 0.00696. The number of likely N-dealkylation sites (tertiary alicyclic amines) is 1. The molecule has 1 fully saturated rings. The molecule has 21 heavy (non-hydrogen) atoms. The molecule has 1 amide bonds. The summed E-state index contributed by atoms with van der Waals surface area (Å²) in [6.07, 6.45) is 1.04. The summed E-state index contributed by atoms with van der Waals surface area (Å²) in [5.41, 5.74) is 1.15. The molecule has 1 aromatic carbocycles. The van der Waals surface area contributed by atoms with Crippen molar-refractivity contribution in [2.24, 2.45) is 0 Å². The van der Waals surface area contributed by atoms with E-state index in [1.807, 2.05) is 6.07 Å². The van der Waals surface area contributed by atoms with Gasteiger partial charge in [-0.15, -0.1) is 0 Å². The summed E-state index contributed by atoms with van der Waals surface area (Å²) >= 11 is 0. The number of carbonyl (C=O) groups excluding carboxylic acids is 1. The van der Waals surface area contributed by atoms with E-state index in [9.17, 15) is 13.6 Å². The maximum absolute atomic E-state index is 13.2. The lowest BCUT2D eigenvalue weighted by Gasteiger charge is -2.35. The third kappa shape index (κ3) is 2.60. The SMILES string of the molecule is O=C(c1cccc2ncccc12)N1CCCCC1C(F)F.